The van der Waals surface area contributed by atoms with E-state index in [9.17, 15) is 0 Å². The molecule has 1 rings (SSSR count). The Morgan fingerprint density at radius 2 is 1.08 bits per heavy atom. The fourth-order valence-corrected chi connectivity index (χ4v) is 0.449. The van der Waals surface area contributed by atoms with E-state index in [1.165, 1.54) is 0 Å². The Balaban J connectivity index is 0.000000217. The van der Waals surface area contributed by atoms with Crippen LogP contribution >= 0.6 is 0 Å². The third-order valence-corrected chi connectivity index (χ3v) is 0.778. The Morgan fingerprint density at radius 1 is 0.750 bits per heavy atom. The summed E-state index contributed by atoms with van der Waals surface area (Å²) in [6, 6.07) is 14.0. The Hall–Kier alpha value is -0.780. The van der Waals surface area contributed by atoms with Gasteiger partial charge in [-0.05, 0) is 0 Å². The zero-order valence-electron chi connectivity index (χ0n) is 6.05. The van der Waals surface area contributed by atoms with Crippen molar-refractivity contribution >= 4 is 0 Å². The lowest BCUT2D eigenvalue weighted by Gasteiger charge is -2.17. The Morgan fingerprint density at radius 3 is 1.42 bits per heavy atom. The molecule has 1 aromatic carbocycles. The van der Waals surface area contributed by atoms with Crippen LogP contribution in [0, 0.1) is 10.2 Å². The van der Waals surface area contributed by atoms with E-state index in [0.29, 0.717) is 0 Å². The van der Waals surface area contributed by atoms with Gasteiger partial charge in [0.25, 0.3) is 0 Å². The maximum Gasteiger partial charge on any atom is 0.0467 e. The van der Waals surface area contributed by atoms with Gasteiger partial charge in [0.2, 0.25) is 0 Å². The summed E-state index contributed by atoms with van der Waals surface area (Å²) in [6.45, 7) is 0. The topological polar surface area (TPSA) is 92.2 Å². The first-order chi connectivity index (χ1) is 5.50. The summed E-state index contributed by atoms with van der Waals surface area (Å²) >= 11 is 0. The minimum atomic E-state index is -4.94. The lowest BCUT2D eigenvalue weighted by molar-refractivity contribution is -2.00. The summed E-state index contributed by atoms with van der Waals surface area (Å²) in [6.07, 6.45) is 0. The highest BCUT2D eigenvalue weighted by molar-refractivity contribution is 4.99. The standard InChI is InChI=1S/C7H7.ClHO4/c1-2-4-6-7-5-3-1;2-1(3,4)5/h1-7H;(H,2,3,4,5)/q+1;/p-1. The fourth-order valence-electron chi connectivity index (χ4n) is 0.449. The Kier molecular flexibility index (Phi) is 5.44. The molecule has 0 atom stereocenters. The second-order valence-corrected chi connectivity index (χ2v) is 2.48. The molecule has 4 nitrogen and oxygen atoms in total. The highest BCUT2D eigenvalue weighted by Gasteiger charge is 1.84. The summed E-state index contributed by atoms with van der Waals surface area (Å²) in [5, 5.41) is 0. The van der Waals surface area contributed by atoms with Gasteiger partial charge in [0.15, 0.2) is 0 Å². The highest BCUT2D eigenvalue weighted by Crippen LogP contribution is 1.80. The van der Waals surface area contributed by atoms with E-state index in [1.54, 1.807) is 0 Å². The SMILES string of the molecule is [O-][Cl+3]([O-])([O-])[O-].c1ccc[cH+]cc1. The molecule has 0 saturated heterocycles. The van der Waals surface area contributed by atoms with E-state index >= 15 is 0 Å². The van der Waals surface area contributed by atoms with Gasteiger partial charge in [-0.2, -0.15) is 0 Å². The van der Waals surface area contributed by atoms with Crippen LogP contribution in [0.3, 0.4) is 0 Å². The largest absolute Gasteiger partial charge is 0.222 e. The molecule has 0 N–H and O–H groups in total. The molecule has 0 heterocycles. The van der Waals surface area contributed by atoms with E-state index in [4.69, 9.17) is 18.6 Å². The summed E-state index contributed by atoms with van der Waals surface area (Å²) < 4.78 is 34.0. The van der Waals surface area contributed by atoms with Gasteiger partial charge in [0, 0.05) is 42.5 Å². The maximum atomic E-state index is 8.49. The first kappa shape index (κ1) is 11.2. The quantitative estimate of drug-likeness (QED) is 0.414. The van der Waals surface area contributed by atoms with E-state index in [2.05, 4.69) is 0 Å². The third-order valence-electron chi connectivity index (χ3n) is 0.778. The van der Waals surface area contributed by atoms with E-state index < -0.39 is 10.2 Å². The van der Waals surface area contributed by atoms with Crippen LogP contribution < -0.4 is 18.6 Å². The molecule has 0 saturated carbocycles. The average molecular weight is 191 g/mol. The minimum absolute atomic E-state index is 2.00. The second kappa shape index (κ2) is 5.82. The van der Waals surface area contributed by atoms with Crippen molar-refractivity contribution in [2.75, 3.05) is 0 Å². The lowest BCUT2D eigenvalue weighted by atomic mass is 10.5. The molecule has 66 valence electrons. The summed E-state index contributed by atoms with van der Waals surface area (Å²) in [5.41, 5.74) is 0. The van der Waals surface area contributed by atoms with Gasteiger partial charge in [-0.15, -0.1) is 10.2 Å². The molecule has 0 aliphatic carbocycles. The molecule has 0 fully saturated rings. The molecule has 0 amide bonds. The molecule has 0 aliphatic heterocycles. The van der Waals surface area contributed by atoms with Crippen LogP contribution in [0.25, 0.3) is 0 Å². The Bertz CT molecular complexity index is 158. The highest BCUT2D eigenvalue weighted by atomic mass is 35.7. The molecule has 0 aliphatic rings. The summed E-state index contributed by atoms with van der Waals surface area (Å²) in [7, 11) is -4.94. The molecular formula is C7H7ClO4. The molecule has 12 heavy (non-hydrogen) atoms. The molecular weight excluding hydrogens is 184 g/mol. The zero-order chi connectivity index (χ0) is 9.45. The van der Waals surface area contributed by atoms with E-state index in [1.807, 2.05) is 42.5 Å². The van der Waals surface area contributed by atoms with Crippen molar-refractivity contribution in [1.29, 1.82) is 0 Å². The van der Waals surface area contributed by atoms with Crippen LogP contribution in [-0.2, 0) is 0 Å². The van der Waals surface area contributed by atoms with Crippen LogP contribution in [0.4, 0.5) is 0 Å². The summed E-state index contributed by atoms with van der Waals surface area (Å²) in [4.78, 5) is 0. The van der Waals surface area contributed by atoms with Crippen molar-refractivity contribution in [1.82, 2.24) is 0 Å². The average Bonchev–Trinajstić information content (AvgIpc) is 2.10. The number of halogens is 1. The predicted molar refractivity (Wildman–Crippen MR) is 30.8 cm³/mol. The number of rotatable bonds is 0. The smallest absolute Gasteiger partial charge is 0.0467 e. The molecule has 5 heteroatoms. The van der Waals surface area contributed by atoms with Crippen LogP contribution in [0.15, 0.2) is 42.5 Å². The molecule has 0 spiro atoms. The molecule has 1 aromatic rings. The van der Waals surface area contributed by atoms with Crippen molar-refractivity contribution in [3.8, 4) is 0 Å². The van der Waals surface area contributed by atoms with E-state index in [-0.39, 0.29) is 0 Å². The van der Waals surface area contributed by atoms with Crippen molar-refractivity contribution in [3.05, 3.63) is 42.5 Å². The zero-order valence-corrected chi connectivity index (χ0v) is 6.81. The second-order valence-electron chi connectivity index (χ2n) is 1.73. The normalized spacial score (nSPS) is 9.67. The number of hydrogen-bond donors (Lipinski definition) is 0. The van der Waals surface area contributed by atoms with Gasteiger partial charge in [0.1, 0.15) is 0 Å². The predicted octanol–water partition coefficient (Wildman–Crippen LogP) is -2.79. The molecule has 0 bridgehead atoms. The number of hydrogen-bond acceptors (Lipinski definition) is 4. The molecule has 0 radical (unpaired) electrons. The van der Waals surface area contributed by atoms with Crippen molar-refractivity contribution in [2.45, 2.75) is 0 Å². The first-order valence-corrected chi connectivity index (χ1v) is 4.18. The van der Waals surface area contributed by atoms with Crippen LogP contribution in [0.2, 0.25) is 0 Å². The van der Waals surface area contributed by atoms with Crippen molar-refractivity contribution in [2.24, 2.45) is 0 Å². The van der Waals surface area contributed by atoms with Gasteiger partial charge in [-0.1, -0.05) is 0 Å². The van der Waals surface area contributed by atoms with Crippen LogP contribution in [0.5, 0.6) is 0 Å². The lowest BCUT2D eigenvalue weighted by Crippen LogP contribution is -2.68. The maximum absolute atomic E-state index is 8.49. The van der Waals surface area contributed by atoms with E-state index in [0.717, 1.165) is 0 Å². The Labute approximate surface area is 72.1 Å². The minimum Gasteiger partial charge on any atom is -0.222 e. The molecule has 0 aromatic heterocycles. The van der Waals surface area contributed by atoms with Crippen LogP contribution in [0.1, 0.15) is 0 Å². The van der Waals surface area contributed by atoms with Crippen molar-refractivity contribution in [3.63, 3.8) is 0 Å². The van der Waals surface area contributed by atoms with Crippen molar-refractivity contribution < 1.29 is 28.9 Å². The van der Waals surface area contributed by atoms with Gasteiger partial charge in [-0.3, -0.25) is 0 Å². The molecule has 0 unspecified atom stereocenters. The fraction of sp³-hybridized carbons (Fsp3) is 0. The monoisotopic (exact) mass is 190 g/mol. The van der Waals surface area contributed by atoms with Crippen LogP contribution in [-0.4, -0.2) is 0 Å². The van der Waals surface area contributed by atoms with Gasteiger partial charge in [0.05, 0.1) is 0 Å². The van der Waals surface area contributed by atoms with Gasteiger partial charge < -0.3 is 0 Å². The van der Waals surface area contributed by atoms with Gasteiger partial charge >= 0.3 is 0 Å². The first-order valence-electron chi connectivity index (χ1n) is 2.95. The summed E-state index contributed by atoms with van der Waals surface area (Å²) in [5.74, 6) is 0. The third kappa shape index (κ3) is 16.1. The van der Waals surface area contributed by atoms with Gasteiger partial charge in [-0.25, -0.2) is 18.6 Å².